The highest BCUT2D eigenvalue weighted by Gasteiger charge is 2.13. The number of hydrogen-bond acceptors (Lipinski definition) is 6. The summed E-state index contributed by atoms with van der Waals surface area (Å²) >= 11 is 4.11. The molecule has 0 bridgehead atoms. The van der Waals surface area contributed by atoms with Gasteiger partial charge in [-0.3, -0.25) is 5.32 Å². The number of aromatic carboxylic acids is 1. The molecule has 0 aliphatic heterocycles. The number of carboxylic acids is 1. The molecule has 1 aromatic carbocycles. The van der Waals surface area contributed by atoms with E-state index < -0.39 is 12.0 Å². The van der Waals surface area contributed by atoms with Gasteiger partial charge in [-0.05, 0) is 23.4 Å². The maximum Gasteiger partial charge on any atom is 0.337 e. The molecule has 2 aromatic rings. The summed E-state index contributed by atoms with van der Waals surface area (Å²) in [5, 5.41) is 20.9. The highest BCUT2D eigenvalue weighted by atomic mass is 79.9. The Hall–Kier alpha value is -2.07. The first-order chi connectivity index (χ1) is 9.06. The van der Waals surface area contributed by atoms with E-state index in [1.165, 1.54) is 12.1 Å². The number of nitrogens with one attached hydrogen (secondary N) is 2. The number of benzene rings is 1. The zero-order valence-corrected chi connectivity index (χ0v) is 11.5. The van der Waals surface area contributed by atoms with E-state index in [1.54, 1.807) is 6.07 Å². The van der Waals surface area contributed by atoms with Gasteiger partial charge in [0.05, 0.1) is 11.3 Å². The summed E-state index contributed by atoms with van der Waals surface area (Å²) in [6.45, 7) is 0. The molecule has 1 heterocycles. The molecule has 0 aliphatic rings. The minimum absolute atomic E-state index is 0.0197. The van der Waals surface area contributed by atoms with Gasteiger partial charge in [-0.1, -0.05) is 25.5 Å². The van der Waals surface area contributed by atoms with Crippen LogP contribution in [-0.2, 0) is 0 Å². The maximum atomic E-state index is 11.6. The molecule has 1 aromatic heterocycles. The Labute approximate surface area is 119 Å². The fourth-order valence-electron chi connectivity index (χ4n) is 1.24. The molecule has 0 atom stereocenters. The van der Waals surface area contributed by atoms with Crippen LogP contribution in [0.15, 0.2) is 22.7 Å². The Morgan fingerprint density at radius 2 is 2.11 bits per heavy atom. The van der Waals surface area contributed by atoms with Crippen molar-refractivity contribution in [2.75, 3.05) is 10.6 Å². The first kappa shape index (κ1) is 13.4. The standard InChI is InChI=1S/C9H6BrN5O3S/c10-4-1-2-5(7(16)17)6(3-4)11-8(18)12-9-13-14-15-19-9/h1-3H,(H,16,17)(H2,11,12,13,15,18). The van der Waals surface area contributed by atoms with Crippen LogP contribution in [0.1, 0.15) is 10.4 Å². The van der Waals surface area contributed by atoms with Crippen LogP contribution in [0.3, 0.4) is 0 Å². The van der Waals surface area contributed by atoms with E-state index in [4.69, 9.17) is 5.11 Å². The van der Waals surface area contributed by atoms with E-state index in [0.717, 1.165) is 11.5 Å². The number of carboxylic acid groups (broad SMARTS) is 1. The third-order valence-electron chi connectivity index (χ3n) is 1.98. The highest BCUT2D eigenvalue weighted by Crippen LogP contribution is 2.21. The van der Waals surface area contributed by atoms with E-state index >= 15 is 0 Å². The van der Waals surface area contributed by atoms with Crippen LogP contribution in [0.2, 0.25) is 0 Å². The maximum absolute atomic E-state index is 11.6. The van der Waals surface area contributed by atoms with Crippen molar-refractivity contribution in [3.8, 4) is 0 Å². The molecule has 2 amide bonds. The number of anilines is 2. The number of hydrogen-bond donors (Lipinski definition) is 3. The fraction of sp³-hybridized carbons (Fsp3) is 0. The number of carbonyl (C=O) groups excluding carboxylic acids is 1. The van der Waals surface area contributed by atoms with E-state index in [-0.39, 0.29) is 16.4 Å². The quantitative estimate of drug-likeness (QED) is 0.784. The minimum Gasteiger partial charge on any atom is -0.478 e. The van der Waals surface area contributed by atoms with Crippen LogP contribution in [0.25, 0.3) is 0 Å². The number of urea groups is 1. The van der Waals surface area contributed by atoms with Crippen molar-refractivity contribution in [1.29, 1.82) is 0 Å². The van der Waals surface area contributed by atoms with Gasteiger partial charge in [-0.15, -0.1) is 0 Å². The van der Waals surface area contributed by atoms with Crippen molar-refractivity contribution in [3.05, 3.63) is 28.2 Å². The molecule has 19 heavy (non-hydrogen) atoms. The van der Waals surface area contributed by atoms with Crippen LogP contribution in [0.5, 0.6) is 0 Å². The molecule has 3 N–H and O–H groups in total. The van der Waals surface area contributed by atoms with Crippen molar-refractivity contribution >= 4 is 50.3 Å². The van der Waals surface area contributed by atoms with Crippen molar-refractivity contribution in [3.63, 3.8) is 0 Å². The average molecular weight is 344 g/mol. The first-order valence-electron chi connectivity index (χ1n) is 4.82. The number of carbonyl (C=O) groups is 2. The molecule has 10 heteroatoms. The average Bonchev–Trinajstić information content (AvgIpc) is 2.81. The highest BCUT2D eigenvalue weighted by molar-refractivity contribution is 9.10. The first-order valence-corrected chi connectivity index (χ1v) is 6.39. The van der Waals surface area contributed by atoms with Gasteiger partial charge in [0, 0.05) is 16.0 Å². The van der Waals surface area contributed by atoms with Gasteiger partial charge in [0.2, 0.25) is 5.13 Å². The molecule has 0 fully saturated rings. The van der Waals surface area contributed by atoms with E-state index in [2.05, 4.69) is 41.4 Å². The molecule has 0 saturated heterocycles. The van der Waals surface area contributed by atoms with Gasteiger partial charge >= 0.3 is 12.0 Å². The summed E-state index contributed by atoms with van der Waals surface area (Å²) in [4.78, 5) is 22.7. The van der Waals surface area contributed by atoms with Gasteiger partial charge in [-0.25, -0.2) is 9.59 Å². The van der Waals surface area contributed by atoms with E-state index in [1.807, 2.05) is 0 Å². The lowest BCUT2D eigenvalue weighted by molar-refractivity contribution is 0.0698. The summed E-state index contributed by atoms with van der Waals surface area (Å²) in [5.74, 6) is -1.14. The summed E-state index contributed by atoms with van der Waals surface area (Å²) in [6, 6.07) is 3.82. The number of halogens is 1. The van der Waals surface area contributed by atoms with Crippen LogP contribution < -0.4 is 10.6 Å². The Balaban J connectivity index is 2.16. The zero-order valence-electron chi connectivity index (χ0n) is 9.12. The van der Waals surface area contributed by atoms with Crippen molar-refractivity contribution < 1.29 is 14.7 Å². The van der Waals surface area contributed by atoms with Gasteiger partial charge in [0.15, 0.2) is 0 Å². The Bertz CT molecular complexity index is 618. The Kier molecular flexibility index (Phi) is 4.02. The lowest BCUT2D eigenvalue weighted by Crippen LogP contribution is -2.21. The van der Waals surface area contributed by atoms with Gasteiger partial charge in [0.25, 0.3) is 0 Å². The molecule has 0 saturated carbocycles. The van der Waals surface area contributed by atoms with Gasteiger partial charge in [-0.2, -0.15) is 0 Å². The van der Waals surface area contributed by atoms with E-state index in [9.17, 15) is 9.59 Å². The molecule has 0 aliphatic carbocycles. The van der Waals surface area contributed by atoms with Crippen LogP contribution in [0.4, 0.5) is 15.6 Å². The second-order valence-electron chi connectivity index (χ2n) is 3.24. The van der Waals surface area contributed by atoms with Crippen molar-refractivity contribution in [2.24, 2.45) is 0 Å². The molecule has 0 radical (unpaired) electrons. The van der Waals surface area contributed by atoms with Crippen molar-refractivity contribution in [2.45, 2.75) is 0 Å². The molecule has 2 rings (SSSR count). The normalized spacial score (nSPS) is 9.95. The molecule has 0 unspecified atom stereocenters. The van der Waals surface area contributed by atoms with Crippen molar-refractivity contribution in [1.82, 2.24) is 14.8 Å². The monoisotopic (exact) mass is 343 g/mol. The van der Waals surface area contributed by atoms with E-state index in [0.29, 0.717) is 4.47 Å². The number of aromatic nitrogens is 3. The van der Waals surface area contributed by atoms with Crippen LogP contribution >= 0.6 is 27.5 Å². The molecule has 8 nitrogen and oxygen atoms in total. The molecule has 98 valence electrons. The third-order valence-corrected chi connectivity index (χ3v) is 2.98. The number of amides is 2. The smallest absolute Gasteiger partial charge is 0.337 e. The largest absolute Gasteiger partial charge is 0.478 e. The van der Waals surface area contributed by atoms with Crippen LogP contribution in [-0.4, -0.2) is 31.9 Å². The SMILES string of the molecule is O=C(Nc1nnns1)Nc1cc(Br)ccc1C(=O)O. The van der Waals surface area contributed by atoms with Gasteiger partial charge < -0.3 is 10.4 Å². The molecular formula is C9H6BrN5O3S. The Morgan fingerprint density at radius 3 is 2.74 bits per heavy atom. The second kappa shape index (κ2) is 5.71. The summed E-state index contributed by atoms with van der Waals surface area (Å²) in [7, 11) is 0. The lowest BCUT2D eigenvalue weighted by atomic mass is 10.2. The summed E-state index contributed by atoms with van der Waals surface area (Å²) in [6.07, 6.45) is 0. The fourth-order valence-corrected chi connectivity index (χ4v) is 1.96. The predicted octanol–water partition coefficient (Wildman–Crippen LogP) is 2.04. The number of nitrogens with zero attached hydrogens (tertiary/aromatic N) is 3. The Morgan fingerprint density at radius 1 is 1.32 bits per heavy atom. The second-order valence-corrected chi connectivity index (χ2v) is 4.89. The zero-order chi connectivity index (χ0) is 13.8. The summed E-state index contributed by atoms with van der Waals surface area (Å²) < 4.78 is 4.12. The number of rotatable bonds is 3. The molecule has 0 spiro atoms. The topological polar surface area (TPSA) is 117 Å². The van der Waals surface area contributed by atoms with Crippen LogP contribution in [0, 0.1) is 0 Å². The third kappa shape index (κ3) is 3.45. The van der Waals surface area contributed by atoms with Gasteiger partial charge in [0.1, 0.15) is 0 Å². The lowest BCUT2D eigenvalue weighted by Gasteiger charge is -2.08. The predicted molar refractivity (Wildman–Crippen MR) is 71.4 cm³/mol. The minimum atomic E-state index is -1.14. The summed E-state index contributed by atoms with van der Waals surface area (Å²) in [5.41, 5.74) is 0.144. The molecular weight excluding hydrogens is 338 g/mol.